The Morgan fingerprint density at radius 2 is 1.59 bits per heavy atom. The van der Waals surface area contributed by atoms with Crippen molar-refractivity contribution in [2.75, 3.05) is 32.6 Å². The van der Waals surface area contributed by atoms with Gasteiger partial charge in [-0.05, 0) is 83.9 Å². The number of methoxy groups -OCH3 is 1. The zero-order valence-electron chi connectivity index (χ0n) is 38.6. The SMILES string of the molecule is CCc1nc(C)oc1C(=O)Nc1nc2cc(C(N)=O)cc(OCCCN(C)C(=O)OC(C)(C)C)c2n1C/C=C/Cn1c2cc(-c3cc(C)nn3CC)ncc2c2cc(C(N)=O)cc(OC)c21. The van der Waals surface area contributed by atoms with Crippen molar-refractivity contribution in [2.45, 2.75) is 86.5 Å². The third-order valence-corrected chi connectivity index (χ3v) is 10.8. The van der Waals surface area contributed by atoms with Gasteiger partial charge in [0, 0.05) is 68.2 Å². The van der Waals surface area contributed by atoms with Crippen LogP contribution in [0.1, 0.15) is 89.6 Å². The smallest absolute Gasteiger partial charge is 0.410 e. The fourth-order valence-electron chi connectivity index (χ4n) is 7.78. The van der Waals surface area contributed by atoms with Gasteiger partial charge in [0.1, 0.15) is 22.6 Å². The number of hydrogen-bond donors (Lipinski definition) is 3. The summed E-state index contributed by atoms with van der Waals surface area (Å²) in [6.45, 7) is 14.5. The monoisotopic (exact) mass is 901 g/mol. The highest BCUT2D eigenvalue weighted by molar-refractivity contribution is 6.13. The molecule has 7 rings (SSSR count). The predicted molar refractivity (Wildman–Crippen MR) is 249 cm³/mol. The van der Waals surface area contributed by atoms with Gasteiger partial charge in [-0.25, -0.2) is 14.8 Å². The highest BCUT2D eigenvalue weighted by Gasteiger charge is 2.25. The summed E-state index contributed by atoms with van der Waals surface area (Å²) in [5.41, 5.74) is 16.6. The first-order valence-corrected chi connectivity index (χ1v) is 21.6. The number of nitrogens with two attached hydrogens (primary N) is 2. The van der Waals surface area contributed by atoms with Crippen molar-refractivity contribution in [2.24, 2.45) is 11.5 Å². The van der Waals surface area contributed by atoms with Gasteiger partial charge in [-0.3, -0.25) is 29.4 Å². The summed E-state index contributed by atoms with van der Waals surface area (Å²) in [6, 6.07) is 10.4. The molecule has 7 aromatic rings. The van der Waals surface area contributed by atoms with Crippen LogP contribution in [0.5, 0.6) is 11.5 Å². The number of primary amides is 2. The highest BCUT2D eigenvalue weighted by atomic mass is 16.6. The van der Waals surface area contributed by atoms with Gasteiger partial charge in [0.15, 0.2) is 5.89 Å². The number of amides is 4. The number of anilines is 1. The van der Waals surface area contributed by atoms with Crippen LogP contribution >= 0.6 is 0 Å². The standard InChI is InChI=1S/C47H55N11O8/c1-10-32-41(65-27(4)51-32)44(61)53-45-52-34-21-29(43(49)60)23-38(64-18-14-15-55(8)46(62)66-47(5,6)7)40(34)57(45)17-13-12-16-56-35-24-33(36-19-26(3)54-58(36)11-2)50-25-31(35)30-20-28(42(48)59)22-37(63-9)39(30)56/h12-13,19-25H,10-11,14-18H2,1-9H3,(H2,48,59)(H2,49,60)(H,52,53,61)/b13-12+. The van der Waals surface area contributed by atoms with E-state index in [9.17, 15) is 19.2 Å². The number of ether oxygens (including phenoxy) is 3. The Balaban J connectivity index is 1.29. The minimum atomic E-state index is -0.701. The number of hydrogen-bond acceptors (Lipinski definition) is 12. The number of pyridine rings is 1. The molecule has 19 heteroatoms. The van der Waals surface area contributed by atoms with E-state index in [1.165, 1.54) is 24.1 Å². The summed E-state index contributed by atoms with van der Waals surface area (Å²) in [7, 11) is 3.18. The number of benzene rings is 2. The van der Waals surface area contributed by atoms with Gasteiger partial charge in [-0.2, -0.15) is 5.10 Å². The molecule has 0 aliphatic rings. The largest absolute Gasteiger partial charge is 0.495 e. The number of oxazole rings is 1. The topological polar surface area (TPSA) is 243 Å². The van der Waals surface area contributed by atoms with Crippen LogP contribution in [-0.4, -0.2) is 95.5 Å². The van der Waals surface area contributed by atoms with Crippen molar-refractivity contribution in [3.8, 4) is 22.9 Å². The Kier molecular flexibility index (Phi) is 13.2. The van der Waals surface area contributed by atoms with Gasteiger partial charge in [-0.1, -0.05) is 19.1 Å². The lowest BCUT2D eigenvalue weighted by Crippen LogP contribution is -2.35. The van der Waals surface area contributed by atoms with E-state index in [1.54, 1.807) is 57.6 Å². The molecule has 5 aromatic heterocycles. The van der Waals surface area contributed by atoms with Crippen LogP contribution in [0.15, 0.2) is 59.2 Å². The molecule has 66 heavy (non-hydrogen) atoms. The molecule has 0 fully saturated rings. The first kappa shape index (κ1) is 46.3. The van der Waals surface area contributed by atoms with Crippen LogP contribution in [0.3, 0.4) is 0 Å². The average molecular weight is 902 g/mol. The van der Waals surface area contributed by atoms with E-state index < -0.39 is 29.4 Å². The molecule has 0 saturated carbocycles. The molecule has 5 heterocycles. The highest BCUT2D eigenvalue weighted by Crippen LogP contribution is 2.38. The Bertz CT molecular complexity index is 3040. The predicted octanol–water partition coefficient (Wildman–Crippen LogP) is 6.94. The van der Waals surface area contributed by atoms with Gasteiger partial charge in [0.2, 0.25) is 23.5 Å². The van der Waals surface area contributed by atoms with Crippen molar-refractivity contribution in [1.29, 1.82) is 0 Å². The fourth-order valence-corrected chi connectivity index (χ4v) is 7.78. The molecule has 0 aliphatic heterocycles. The Morgan fingerprint density at radius 3 is 2.26 bits per heavy atom. The van der Waals surface area contributed by atoms with Crippen molar-refractivity contribution < 1.29 is 37.8 Å². The minimum Gasteiger partial charge on any atom is -0.495 e. The first-order valence-electron chi connectivity index (χ1n) is 21.6. The molecular formula is C47H55N11O8. The number of aryl methyl sites for hydroxylation is 4. The van der Waals surface area contributed by atoms with E-state index in [4.69, 9.17) is 40.1 Å². The van der Waals surface area contributed by atoms with Crippen molar-refractivity contribution in [3.05, 3.63) is 88.9 Å². The summed E-state index contributed by atoms with van der Waals surface area (Å²) in [6.07, 6.45) is 6.06. The second-order valence-electron chi connectivity index (χ2n) is 16.8. The summed E-state index contributed by atoms with van der Waals surface area (Å²) in [4.78, 5) is 66.9. The van der Waals surface area contributed by atoms with E-state index in [0.717, 1.165) is 33.2 Å². The lowest BCUT2D eigenvalue weighted by molar-refractivity contribution is 0.0291. The molecule has 0 saturated heterocycles. The Hall–Kier alpha value is -7.70. The van der Waals surface area contributed by atoms with E-state index in [-0.39, 0.29) is 36.2 Å². The number of carbonyl (C=O) groups is 4. The van der Waals surface area contributed by atoms with Crippen molar-refractivity contribution in [1.82, 2.24) is 38.8 Å². The third kappa shape index (κ3) is 9.55. The molecule has 0 spiro atoms. The number of rotatable bonds is 17. The number of nitrogens with zero attached hydrogens (tertiary/aromatic N) is 8. The van der Waals surface area contributed by atoms with E-state index >= 15 is 0 Å². The molecule has 0 aliphatic carbocycles. The summed E-state index contributed by atoms with van der Waals surface area (Å²) in [5, 5.41) is 9.04. The maximum Gasteiger partial charge on any atom is 0.410 e. The molecule has 0 unspecified atom stereocenters. The normalized spacial score (nSPS) is 11.8. The number of fused-ring (bicyclic) bond motifs is 4. The number of allylic oxidation sites excluding steroid dienone is 2. The summed E-state index contributed by atoms with van der Waals surface area (Å²) < 4.78 is 29.1. The van der Waals surface area contributed by atoms with Crippen LogP contribution in [0.2, 0.25) is 0 Å². The molecule has 19 nitrogen and oxygen atoms in total. The number of aromatic nitrogens is 7. The van der Waals surface area contributed by atoms with Crippen molar-refractivity contribution in [3.63, 3.8) is 0 Å². The molecule has 0 atom stereocenters. The van der Waals surface area contributed by atoms with Gasteiger partial charge in [0.05, 0.1) is 53.0 Å². The molecule has 5 N–H and O–H groups in total. The molecule has 0 radical (unpaired) electrons. The first-order chi connectivity index (χ1) is 31.4. The lowest BCUT2D eigenvalue weighted by Gasteiger charge is -2.24. The summed E-state index contributed by atoms with van der Waals surface area (Å²) in [5.74, 6) is -0.587. The van der Waals surface area contributed by atoms with E-state index in [2.05, 4.69) is 20.0 Å². The number of imidazole rings is 1. The van der Waals surface area contributed by atoms with Gasteiger partial charge < -0.3 is 44.1 Å². The Labute approximate surface area is 380 Å². The van der Waals surface area contributed by atoms with Crippen molar-refractivity contribution >= 4 is 62.6 Å². The van der Waals surface area contributed by atoms with Crippen LogP contribution in [0.25, 0.3) is 44.2 Å². The van der Waals surface area contributed by atoms with Crippen LogP contribution in [0.4, 0.5) is 10.7 Å². The number of nitrogens with one attached hydrogen (secondary N) is 1. The molecule has 0 bridgehead atoms. The second kappa shape index (κ2) is 18.8. The number of carbonyl (C=O) groups excluding carboxylic acids is 4. The molecular weight excluding hydrogens is 847 g/mol. The van der Waals surface area contributed by atoms with Gasteiger partial charge >= 0.3 is 6.09 Å². The zero-order valence-corrected chi connectivity index (χ0v) is 38.6. The quantitative estimate of drug-likeness (QED) is 0.0622. The van der Waals surface area contributed by atoms with Gasteiger partial charge in [-0.15, -0.1) is 0 Å². The molecule has 4 amide bonds. The maximum absolute atomic E-state index is 13.8. The van der Waals surface area contributed by atoms with Crippen LogP contribution in [-0.2, 0) is 30.8 Å². The zero-order chi connectivity index (χ0) is 47.6. The average Bonchev–Trinajstić information content (AvgIpc) is 4.03. The molecule has 2 aromatic carbocycles. The van der Waals surface area contributed by atoms with Crippen LogP contribution in [0, 0.1) is 13.8 Å². The van der Waals surface area contributed by atoms with Gasteiger partial charge in [0.25, 0.3) is 5.91 Å². The minimum absolute atomic E-state index is 0.0540. The van der Waals surface area contributed by atoms with Crippen LogP contribution < -0.4 is 26.3 Å². The summed E-state index contributed by atoms with van der Waals surface area (Å²) >= 11 is 0. The van der Waals surface area contributed by atoms with E-state index in [1.807, 2.05) is 49.7 Å². The second-order valence-corrected chi connectivity index (χ2v) is 16.8. The lowest BCUT2D eigenvalue weighted by atomic mass is 10.1. The third-order valence-electron chi connectivity index (χ3n) is 10.8. The Morgan fingerprint density at radius 1 is 0.894 bits per heavy atom. The molecule has 346 valence electrons. The van der Waals surface area contributed by atoms with E-state index in [0.29, 0.717) is 72.1 Å². The fraction of sp³-hybridized carbons (Fsp3) is 0.362. The maximum atomic E-state index is 13.8.